The zero-order valence-electron chi connectivity index (χ0n) is 13.1. The predicted molar refractivity (Wildman–Crippen MR) is 84.7 cm³/mol. The fourth-order valence-corrected chi connectivity index (χ4v) is 2.85. The second-order valence-electron chi connectivity index (χ2n) is 5.75. The Bertz CT molecular complexity index is 826. The van der Waals surface area contributed by atoms with Gasteiger partial charge in [-0.05, 0) is 12.1 Å². The van der Waals surface area contributed by atoms with E-state index in [4.69, 9.17) is 0 Å². The van der Waals surface area contributed by atoms with Crippen molar-refractivity contribution in [1.29, 1.82) is 0 Å². The van der Waals surface area contributed by atoms with Gasteiger partial charge >= 0.3 is 0 Å². The lowest BCUT2D eigenvalue weighted by atomic mass is 10.2. The Morgan fingerprint density at radius 2 is 2.17 bits per heavy atom. The van der Waals surface area contributed by atoms with E-state index in [0.29, 0.717) is 26.1 Å². The second-order valence-corrected chi connectivity index (χ2v) is 5.75. The van der Waals surface area contributed by atoms with Crippen LogP contribution in [0.15, 0.2) is 43.2 Å². The number of carbonyl (C=O) groups is 1. The minimum Gasteiger partial charge on any atom is -0.333 e. The Labute approximate surface area is 138 Å². The lowest BCUT2D eigenvalue weighted by Crippen LogP contribution is -2.39. The molecule has 0 N–H and O–H groups in total. The van der Waals surface area contributed by atoms with Gasteiger partial charge in [0.2, 0.25) is 5.91 Å². The molecule has 0 aromatic carbocycles. The number of rotatable bonds is 4. The Morgan fingerprint density at radius 3 is 2.96 bits per heavy atom. The molecule has 4 rings (SSSR count). The van der Waals surface area contributed by atoms with Crippen LogP contribution < -0.4 is 0 Å². The molecule has 0 fully saturated rings. The first-order chi connectivity index (χ1) is 11.8. The van der Waals surface area contributed by atoms with E-state index < -0.39 is 0 Å². The quantitative estimate of drug-likeness (QED) is 0.698. The SMILES string of the molecule is O=C(Cc1ccccn1)N1CCn2cc(Cn3cncn3)nc2C1. The van der Waals surface area contributed by atoms with Crippen LogP contribution in [0, 0.1) is 0 Å². The van der Waals surface area contributed by atoms with Gasteiger partial charge in [0, 0.05) is 31.2 Å². The summed E-state index contributed by atoms with van der Waals surface area (Å²) in [7, 11) is 0. The summed E-state index contributed by atoms with van der Waals surface area (Å²) in [4.78, 5) is 27.1. The van der Waals surface area contributed by atoms with Crippen molar-refractivity contribution in [1.82, 2.24) is 34.2 Å². The highest BCUT2D eigenvalue weighted by molar-refractivity contribution is 5.78. The molecule has 1 amide bonds. The molecule has 122 valence electrons. The van der Waals surface area contributed by atoms with E-state index in [-0.39, 0.29) is 5.91 Å². The minimum atomic E-state index is 0.0841. The van der Waals surface area contributed by atoms with Crippen LogP contribution >= 0.6 is 0 Å². The first-order valence-corrected chi connectivity index (χ1v) is 7.83. The molecule has 8 heteroatoms. The molecule has 0 spiro atoms. The molecule has 0 unspecified atom stereocenters. The van der Waals surface area contributed by atoms with Crippen molar-refractivity contribution in [2.75, 3.05) is 6.54 Å². The lowest BCUT2D eigenvalue weighted by molar-refractivity contribution is -0.132. The van der Waals surface area contributed by atoms with E-state index >= 15 is 0 Å². The first-order valence-electron chi connectivity index (χ1n) is 7.83. The van der Waals surface area contributed by atoms with Crippen LogP contribution in [0.1, 0.15) is 17.2 Å². The third-order valence-corrected chi connectivity index (χ3v) is 4.05. The molecule has 3 aromatic rings. The summed E-state index contributed by atoms with van der Waals surface area (Å²) >= 11 is 0. The summed E-state index contributed by atoms with van der Waals surface area (Å²) in [6.07, 6.45) is 7.24. The molecule has 8 nitrogen and oxygen atoms in total. The third kappa shape index (κ3) is 3.03. The van der Waals surface area contributed by atoms with Gasteiger partial charge in [-0.3, -0.25) is 9.78 Å². The topological polar surface area (TPSA) is 81.7 Å². The van der Waals surface area contributed by atoms with E-state index in [0.717, 1.165) is 23.8 Å². The van der Waals surface area contributed by atoms with Gasteiger partial charge in [0.1, 0.15) is 18.5 Å². The summed E-state index contributed by atoms with van der Waals surface area (Å²) in [5, 5.41) is 4.09. The molecule has 0 saturated carbocycles. The normalized spacial score (nSPS) is 13.8. The van der Waals surface area contributed by atoms with Crippen LogP contribution in [0.3, 0.4) is 0 Å². The standard InChI is InChI=1S/C16H17N7O/c24-16(7-13-3-1-2-4-18-13)22-6-5-21-8-14(20-15(21)10-22)9-23-12-17-11-19-23/h1-4,8,11-12H,5-7,9-10H2. The minimum absolute atomic E-state index is 0.0841. The van der Waals surface area contributed by atoms with Crippen LogP contribution in [0.2, 0.25) is 0 Å². The number of hydrogen-bond acceptors (Lipinski definition) is 5. The van der Waals surface area contributed by atoms with Crippen LogP contribution in [0.25, 0.3) is 0 Å². The molecular weight excluding hydrogens is 306 g/mol. The summed E-state index contributed by atoms with van der Waals surface area (Å²) < 4.78 is 3.84. The molecule has 3 aromatic heterocycles. The summed E-state index contributed by atoms with van der Waals surface area (Å²) in [6.45, 7) is 2.57. The van der Waals surface area contributed by atoms with Crippen molar-refractivity contribution in [3.05, 3.63) is 60.5 Å². The maximum Gasteiger partial charge on any atom is 0.229 e. The highest BCUT2D eigenvalue weighted by atomic mass is 16.2. The molecule has 0 aliphatic carbocycles. The molecule has 0 bridgehead atoms. The Hall–Kier alpha value is -3.03. The second kappa shape index (κ2) is 6.23. The fourth-order valence-electron chi connectivity index (χ4n) is 2.85. The van der Waals surface area contributed by atoms with Crippen LogP contribution in [-0.2, 0) is 30.8 Å². The van der Waals surface area contributed by atoms with Crippen molar-refractivity contribution in [2.45, 2.75) is 26.1 Å². The van der Waals surface area contributed by atoms with Crippen molar-refractivity contribution < 1.29 is 4.79 Å². The van der Waals surface area contributed by atoms with E-state index in [9.17, 15) is 4.79 Å². The van der Waals surface area contributed by atoms with Crippen molar-refractivity contribution in [3.8, 4) is 0 Å². The molecule has 4 heterocycles. The first kappa shape index (κ1) is 14.6. The molecular formula is C16H17N7O. The van der Waals surface area contributed by atoms with Gasteiger partial charge in [-0.2, -0.15) is 5.10 Å². The summed E-state index contributed by atoms with van der Waals surface area (Å²) in [5.74, 6) is 0.992. The number of amides is 1. The van der Waals surface area contributed by atoms with E-state index in [2.05, 4.69) is 24.6 Å². The van der Waals surface area contributed by atoms with Gasteiger partial charge < -0.3 is 9.47 Å². The highest BCUT2D eigenvalue weighted by Gasteiger charge is 2.22. The number of pyridine rings is 1. The smallest absolute Gasteiger partial charge is 0.229 e. The van der Waals surface area contributed by atoms with Gasteiger partial charge in [-0.15, -0.1) is 0 Å². The third-order valence-electron chi connectivity index (χ3n) is 4.05. The zero-order chi connectivity index (χ0) is 16.4. The Balaban J connectivity index is 1.43. The number of imidazole rings is 1. The number of hydrogen-bond donors (Lipinski definition) is 0. The lowest BCUT2D eigenvalue weighted by Gasteiger charge is -2.27. The molecule has 0 saturated heterocycles. The van der Waals surface area contributed by atoms with E-state index in [1.165, 1.54) is 6.33 Å². The van der Waals surface area contributed by atoms with Crippen molar-refractivity contribution >= 4 is 5.91 Å². The van der Waals surface area contributed by atoms with E-state index in [1.807, 2.05) is 29.3 Å². The fraction of sp³-hybridized carbons (Fsp3) is 0.312. The van der Waals surface area contributed by atoms with Crippen LogP contribution in [0.5, 0.6) is 0 Å². The summed E-state index contributed by atoms with van der Waals surface area (Å²) in [6, 6.07) is 5.62. The zero-order valence-corrected chi connectivity index (χ0v) is 13.1. The monoisotopic (exact) mass is 323 g/mol. The van der Waals surface area contributed by atoms with Crippen LogP contribution in [0.4, 0.5) is 0 Å². The summed E-state index contributed by atoms with van der Waals surface area (Å²) in [5.41, 5.74) is 1.72. The maximum absolute atomic E-state index is 12.5. The maximum atomic E-state index is 12.5. The number of aromatic nitrogens is 6. The van der Waals surface area contributed by atoms with Gasteiger partial charge in [0.15, 0.2) is 0 Å². The van der Waals surface area contributed by atoms with E-state index in [1.54, 1.807) is 17.2 Å². The van der Waals surface area contributed by atoms with Gasteiger partial charge in [-0.1, -0.05) is 6.07 Å². The molecule has 1 aliphatic heterocycles. The van der Waals surface area contributed by atoms with Gasteiger partial charge in [0.05, 0.1) is 25.2 Å². The molecule has 0 atom stereocenters. The van der Waals surface area contributed by atoms with Gasteiger partial charge in [0.25, 0.3) is 0 Å². The van der Waals surface area contributed by atoms with Crippen LogP contribution in [-0.4, -0.2) is 46.7 Å². The van der Waals surface area contributed by atoms with Crippen molar-refractivity contribution in [3.63, 3.8) is 0 Å². The molecule has 1 aliphatic rings. The van der Waals surface area contributed by atoms with Gasteiger partial charge in [-0.25, -0.2) is 14.6 Å². The highest BCUT2D eigenvalue weighted by Crippen LogP contribution is 2.14. The Morgan fingerprint density at radius 1 is 1.21 bits per heavy atom. The Kier molecular flexibility index (Phi) is 3.78. The number of carbonyl (C=O) groups excluding carboxylic acids is 1. The largest absolute Gasteiger partial charge is 0.333 e. The predicted octanol–water partition coefficient (Wildman–Crippen LogP) is 0.503. The van der Waals surface area contributed by atoms with Crippen molar-refractivity contribution in [2.24, 2.45) is 0 Å². The number of fused-ring (bicyclic) bond motifs is 1. The number of nitrogens with zero attached hydrogens (tertiary/aromatic N) is 7. The molecule has 0 radical (unpaired) electrons. The molecule has 24 heavy (non-hydrogen) atoms. The average Bonchev–Trinajstić information content (AvgIpc) is 3.24. The average molecular weight is 323 g/mol.